The number of hydrogen-bond donors (Lipinski definition) is 0. The smallest absolute Gasteiger partial charge is 0.185 e. The molecule has 3 rings (SSSR count). The highest BCUT2D eigenvalue weighted by atomic mass is 16.1. The fourth-order valence-corrected chi connectivity index (χ4v) is 2.09. The van der Waals surface area contributed by atoms with E-state index < -0.39 is 0 Å². The van der Waals surface area contributed by atoms with Gasteiger partial charge in [0, 0.05) is 18.0 Å². The highest BCUT2D eigenvalue weighted by Gasteiger charge is 2.02. The lowest BCUT2D eigenvalue weighted by Gasteiger charge is -2.00. The first-order chi connectivity index (χ1) is 9.83. The average molecular weight is 259 g/mol. The molecule has 0 atom stereocenters. The Morgan fingerprint density at radius 1 is 0.950 bits per heavy atom. The molecule has 0 radical (unpaired) electrons. The Bertz CT molecular complexity index is 776. The third kappa shape index (κ3) is 2.64. The average Bonchev–Trinajstić information content (AvgIpc) is 2.53. The second-order valence-corrected chi connectivity index (χ2v) is 4.55. The van der Waals surface area contributed by atoms with Crippen molar-refractivity contribution in [2.45, 2.75) is 0 Å². The van der Waals surface area contributed by atoms with Crippen molar-refractivity contribution in [3.05, 3.63) is 84.2 Å². The Morgan fingerprint density at radius 3 is 2.60 bits per heavy atom. The number of ketones is 1. The molecule has 0 amide bonds. The lowest BCUT2D eigenvalue weighted by atomic mass is 10.0. The number of nitrogens with zero attached hydrogens (tertiary/aromatic N) is 1. The molecule has 0 fully saturated rings. The van der Waals surface area contributed by atoms with Gasteiger partial charge in [0.2, 0.25) is 0 Å². The first-order valence-electron chi connectivity index (χ1n) is 6.44. The van der Waals surface area contributed by atoms with Crippen LogP contribution in [0.25, 0.3) is 16.8 Å². The van der Waals surface area contributed by atoms with Crippen LogP contribution in [0, 0.1) is 0 Å². The Labute approximate surface area is 117 Å². The lowest BCUT2D eigenvalue weighted by molar-refractivity contribution is 0.104. The van der Waals surface area contributed by atoms with Gasteiger partial charge in [0.1, 0.15) is 0 Å². The van der Waals surface area contributed by atoms with Gasteiger partial charge < -0.3 is 0 Å². The fraction of sp³-hybridized carbons (Fsp3) is 0. The molecule has 0 unspecified atom stereocenters. The third-order valence-electron chi connectivity index (χ3n) is 3.15. The van der Waals surface area contributed by atoms with Crippen LogP contribution in [-0.2, 0) is 0 Å². The number of fused-ring (bicyclic) bond motifs is 1. The van der Waals surface area contributed by atoms with E-state index in [1.165, 1.54) is 0 Å². The maximum Gasteiger partial charge on any atom is 0.185 e. The lowest BCUT2D eigenvalue weighted by Crippen LogP contribution is -1.93. The van der Waals surface area contributed by atoms with Crippen LogP contribution >= 0.6 is 0 Å². The summed E-state index contributed by atoms with van der Waals surface area (Å²) in [7, 11) is 0. The van der Waals surface area contributed by atoms with E-state index in [2.05, 4.69) is 4.98 Å². The molecule has 0 saturated heterocycles. The molecular weight excluding hydrogens is 246 g/mol. The summed E-state index contributed by atoms with van der Waals surface area (Å²) < 4.78 is 0. The monoisotopic (exact) mass is 259 g/mol. The van der Waals surface area contributed by atoms with Crippen molar-refractivity contribution in [2.24, 2.45) is 0 Å². The molecule has 0 aliphatic rings. The minimum Gasteiger partial charge on any atom is -0.289 e. The van der Waals surface area contributed by atoms with Crippen molar-refractivity contribution >= 4 is 22.6 Å². The van der Waals surface area contributed by atoms with Crippen molar-refractivity contribution in [2.75, 3.05) is 0 Å². The molecule has 1 heterocycles. The second-order valence-electron chi connectivity index (χ2n) is 4.55. The van der Waals surface area contributed by atoms with E-state index in [1.54, 1.807) is 24.5 Å². The fourth-order valence-electron chi connectivity index (χ4n) is 2.09. The van der Waals surface area contributed by atoms with Gasteiger partial charge in [0.25, 0.3) is 0 Å². The maximum absolute atomic E-state index is 12.2. The van der Waals surface area contributed by atoms with Gasteiger partial charge in [-0.3, -0.25) is 9.78 Å². The zero-order valence-electron chi connectivity index (χ0n) is 10.9. The van der Waals surface area contributed by atoms with Crippen LogP contribution in [-0.4, -0.2) is 10.8 Å². The van der Waals surface area contributed by atoms with Crippen molar-refractivity contribution < 1.29 is 4.79 Å². The van der Waals surface area contributed by atoms with Crippen molar-refractivity contribution in [1.82, 2.24) is 4.98 Å². The summed E-state index contributed by atoms with van der Waals surface area (Å²) in [5.74, 6) is -0.000365. The number of allylic oxidation sites excluding steroid dienone is 1. The van der Waals surface area contributed by atoms with E-state index in [-0.39, 0.29) is 5.78 Å². The highest BCUT2D eigenvalue weighted by Crippen LogP contribution is 2.16. The number of hydrogen-bond acceptors (Lipinski definition) is 2. The third-order valence-corrected chi connectivity index (χ3v) is 3.15. The summed E-state index contributed by atoms with van der Waals surface area (Å²) in [6.07, 6.45) is 6.80. The van der Waals surface area contributed by atoms with Crippen molar-refractivity contribution in [3.8, 4) is 0 Å². The molecule has 0 N–H and O–H groups in total. The van der Waals surface area contributed by atoms with Crippen LogP contribution in [0.1, 0.15) is 15.9 Å². The van der Waals surface area contributed by atoms with E-state index >= 15 is 0 Å². The maximum atomic E-state index is 12.2. The molecule has 0 spiro atoms. The van der Waals surface area contributed by atoms with E-state index in [4.69, 9.17) is 0 Å². The van der Waals surface area contributed by atoms with Gasteiger partial charge in [-0.15, -0.1) is 0 Å². The first-order valence-corrected chi connectivity index (χ1v) is 6.44. The minimum atomic E-state index is -0.000365. The zero-order chi connectivity index (χ0) is 13.8. The quantitative estimate of drug-likeness (QED) is 0.523. The highest BCUT2D eigenvalue weighted by molar-refractivity contribution is 6.08. The number of pyridine rings is 1. The van der Waals surface area contributed by atoms with E-state index in [1.807, 2.05) is 54.6 Å². The van der Waals surface area contributed by atoms with Crippen LogP contribution in [0.3, 0.4) is 0 Å². The molecule has 2 aromatic carbocycles. The molecule has 20 heavy (non-hydrogen) atoms. The predicted molar refractivity (Wildman–Crippen MR) is 81.5 cm³/mol. The van der Waals surface area contributed by atoms with Crippen molar-refractivity contribution in [3.63, 3.8) is 0 Å². The Morgan fingerprint density at radius 2 is 1.80 bits per heavy atom. The Kier molecular flexibility index (Phi) is 3.38. The normalized spacial score (nSPS) is 11.0. The predicted octanol–water partition coefficient (Wildman–Crippen LogP) is 4.13. The topological polar surface area (TPSA) is 30.0 Å². The molecule has 96 valence electrons. The van der Waals surface area contributed by atoms with Crippen molar-refractivity contribution in [1.29, 1.82) is 0 Å². The Hall–Kier alpha value is -2.74. The summed E-state index contributed by atoms with van der Waals surface area (Å²) in [6, 6.07) is 17.5. The van der Waals surface area contributed by atoms with E-state index in [0.717, 1.165) is 16.3 Å². The van der Waals surface area contributed by atoms with Gasteiger partial charge in [0.15, 0.2) is 5.78 Å². The summed E-state index contributed by atoms with van der Waals surface area (Å²) >= 11 is 0. The van der Waals surface area contributed by atoms with E-state index in [0.29, 0.717) is 5.56 Å². The Balaban J connectivity index is 1.87. The van der Waals surface area contributed by atoms with Crippen LogP contribution in [0.4, 0.5) is 0 Å². The van der Waals surface area contributed by atoms with Crippen LogP contribution in [0.15, 0.2) is 73.1 Å². The van der Waals surface area contributed by atoms with Crippen LogP contribution < -0.4 is 0 Å². The molecule has 2 heteroatoms. The van der Waals surface area contributed by atoms with Gasteiger partial charge in [-0.2, -0.15) is 0 Å². The van der Waals surface area contributed by atoms with Crippen LogP contribution in [0.2, 0.25) is 0 Å². The number of aromatic nitrogens is 1. The number of benzene rings is 2. The largest absolute Gasteiger partial charge is 0.289 e. The summed E-state index contributed by atoms with van der Waals surface area (Å²) in [5, 5.41) is 2.22. The minimum absolute atomic E-state index is 0.000365. The number of rotatable bonds is 3. The summed E-state index contributed by atoms with van der Waals surface area (Å²) in [4.78, 5) is 16.2. The molecular formula is C18H13NO. The van der Waals surface area contributed by atoms with Gasteiger partial charge in [-0.25, -0.2) is 0 Å². The number of carbonyl (C=O) groups is 1. The number of carbonyl (C=O) groups excluding carboxylic acids is 1. The summed E-state index contributed by atoms with van der Waals surface area (Å²) in [6.45, 7) is 0. The summed E-state index contributed by atoms with van der Waals surface area (Å²) in [5.41, 5.74) is 1.62. The molecule has 3 aromatic rings. The molecule has 0 saturated carbocycles. The molecule has 0 bridgehead atoms. The SMILES string of the molecule is O=C(C=Cc1cccnc1)c1ccc2ccccc2c1. The first kappa shape index (κ1) is 12.3. The standard InChI is InChI=1S/C18H13NO/c20-18(10-7-14-4-3-11-19-13-14)17-9-8-15-5-1-2-6-16(15)12-17/h1-13H. The molecule has 1 aromatic heterocycles. The van der Waals surface area contributed by atoms with Gasteiger partial charge in [-0.05, 0) is 40.6 Å². The van der Waals surface area contributed by atoms with Gasteiger partial charge in [-0.1, -0.05) is 42.5 Å². The van der Waals surface area contributed by atoms with Crippen LogP contribution in [0.5, 0.6) is 0 Å². The second kappa shape index (κ2) is 5.49. The molecule has 2 nitrogen and oxygen atoms in total. The van der Waals surface area contributed by atoms with Gasteiger partial charge in [0.05, 0.1) is 0 Å². The zero-order valence-corrected chi connectivity index (χ0v) is 10.9. The molecule has 0 aliphatic carbocycles. The van der Waals surface area contributed by atoms with Gasteiger partial charge >= 0.3 is 0 Å². The molecule has 0 aliphatic heterocycles. The van der Waals surface area contributed by atoms with E-state index in [9.17, 15) is 4.79 Å².